The Hall–Kier alpha value is -1.37. The Morgan fingerprint density at radius 2 is 1.85 bits per heavy atom. The van der Waals surface area contributed by atoms with Crippen LogP contribution in [-0.4, -0.2) is 40.4 Å². The molecule has 0 amide bonds. The SMILES string of the molecule is CCOC(=O)C(=O)c1ccc(C(O)C(O)CCS)cc1. The van der Waals surface area contributed by atoms with Crippen molar-refractivity contribution in [3.63, 3.8) is 0 Å². The molecule has 0 aliphatic heterocycles. The maximum absolute atomic E-state index is 11.7. The fraction of sp³-hybridized carbons (Fsp3) is 0.429. The third-order valence-electron chi connectivity index (χ3n) is 2.76. The van der Waals surface area contributed by atoms with Gasteiger partial charge in [0.05, 0.1) is 12.7 Å². The van der Waals surface area contributed by atoms with Gasteiger partial charge in [0, 0.05) is 5.56 Å². The number of carbonyl (C=O) groups excluding carboxylic acids is 2. The Kier molecular flexibility index (Phi) is 6.70. The number of thiol groups is 1. The van der Waals surface area contributed by atoms with E-state index < -0.39 is 24.0 Å². The molecule has 6 heteroatoms. The number of esters is 1. The molecule has 110 valence electrons. The predicted octanol–water partition coefficient (Wildman–Crippen LogP) is 1.15. The van der Waals surface area contributed by atoms with Crippen molar-refractivity contribution in [2.75, 3.05) is 12.4 Å². The van der Waals surface area contributed by atoms with Crippen LogP contribution in [-0.2, 0) is 9.53 Å². The van der Waals surface area contributed by atoms with E-state index in [1.807, 2.05) is 0 Å². The number of ketones is 1. The largest absolute Gasteiger partial charge is 0.460 e. The second-order valence-electron chi connectivity index (χ2n) is 4.20. The van der Waals surface area contributed by atoms with Gasteiger partial charge in [0.25, 0.3) is 5.78 Å². The summed E-state index contributed by atoms with van der Waals surface area (Å²) in [4.78, 5) is 22.9. The third kappa shape index (κ3) is 4.33. The first-order chi connectivity index (χ1) is 9.51. The van der Waals surface area contributed by atoms with E-state index in [2.05, 4.69) is 17.4 Å². The lowest BCUT2D eigenvalue weighted by molar-refractivity contribution is -0.137. The maximum atomic E-state index is 11.7. The Morgan fingerprint density at radius 3 is 2.35 bits per heavy atom. The molecule has 0 radical (unpaired) electrons. The fourth-order valence-electron chi connectivity index (χ4n) is 1.66. The first-order valence-electron chi connectivity index (χ1n) is 6.29. The number of aliphatic hydroxyl groups excluding tert-OH is 2. The molecule has 0 aliphatic rings. The third-order valence-corrected chi connectivity index (χ3v) is 3.02. The van der Waals surface area contributed by atoms with Gasteiger partial charge >= 0.3 is 5.97 Å². The molecule has 0 heterocycles. The topological polar surface area (TPSA) is 83.8 Å². The van der Waals surface area contributed by atoms with Crippen LogP contribution in [0.3, 0.4) is 0 Å². The maximum Gasteiger partial charge on any atom is 0.379 e. The van der Waals surface area contributed by atoms with Gasteiger partial charge in [-0.2, -0.15) is 12.6 Å². The monoisotopic (exact) mass is 298 g/mol. The van der Waals surface area contributed by atoms with Crippen molar-refractivity contribution in [3.8, 4) is 0 Å². The van der Waals surface area contributed by atoms with Crippen LogP contribution in [0, 0.1) is 0 Å². The van der Waals surface area contributed by atoms with Crippen molar-refractivity contribution in [3.05, 3.63) is 35.4 Å². The van der Waals surface area contributed by atoms with E-state index in [0.717, 1.165) is 0 Å². The Morgan fingerprint density at radius 1 is 1.25 bits per heavy atom. The van der Waals surface area contributed by atoms with Gasteiger partial charge in [-0.3, -0.25) is 4.79 Å². The number of hydrogen-bond donors (Lipinski definition) is 3. The van der Waals surface area contributed by atoms with Gasteiger partial charge < -0.3 is 14.9 Å². The molecule has 0 aromatic heterocycles. The highest BCUT2D eigenvalue weighted by atomic mass is 32.1. The number of benzene rings is 1. The van der Waals surface area contributed by atoms with Gasteiger partial charge in [-0.1, -0.05) is 24.3 Å². The quantitative estimate of drug-likeness (QED) is 0.304. The van der Waals surface area contributed by atoms with Crippen molar-refractivity contribution in [1.29, 1.82) is 0 Å². The Balaban J connectivity index is 2.78. The van der Waals surface area contributed by atoms with Gasteiger partial charge in [0.15, 0.2) is 0 Å². The molecule has 2 N–H and O–H groups in total. The van der Waals surface area contributed by atoms with Crippen LogP contribution in [0.2, 0.25) is 0 Å². The molecule has 0 saturated heterocycles. The summed E-state index contributed by atoms with van der Waals surface area (Å²) in [5, 5.41) is 19.6. The van der Waals surface area contributed by atoms with Crippen LogP contribution < -0.4 is 0 Å². The van der Waals surface area contributed by atoms with Crippen molar-refractivity contribution in [2.45, 2.75) is 25.6 Å². The van der Waals surface area contributed by atoms with E-state index in [-0.39, 0.29) is 12.2 Å². The summed E-state index contributed by atoms with van der Waals surface area (Å²) < 4.78 is 4.62. The van der Waals surface area contributed by atoms with E-state index in [4.69, 9.17) is 0 Å². The molecule has 0 bridgehead atoms. The Labute approximate surface area is 123 Å². The predicted molar refractivity (Wildman–Crippen MR) is 76.8 cm³/mol. The highest BCUT2D eigenvalue weighted by Gasteiger charge is 2.20. The molecule has 5 nitrogen and oxygen atoms in total. The lowest BCUT2D eigenvalue weighted by Gasteiger charge is -2.17. The summed E-state index contributed by atoms with van der Waals surface area (Å²) in [5.74, 6) is -1.18. The lowest BCUT2D eigenvalue weighted by Crippen LogP contribution is -2.19. The van der Waals surface area contributed by atoms with E-state index in [0.29, 0.717) is 17.7 Å². The minimum absolute atomic E-state index is 0.136. The van der Waals surface area contributed by atoms with Crippen molar-refractivity contribution < 1.29 is 24.5 Å². The van der Waals surface area contributed by atoms with Crippen LogP contribution in [0.4, 0.5) is 0 Å². The molecule has 20 heavy (non-hydrogen) atoms. The average Bonchev–Trinajstić information content (AvgIpc) is 2.46. The molecule has 0 spiro atoms. The first kappa shape index (κ1) is 16.7. The number of rotatable bonds is 7. The molecule has 2 atom stereocenters. The van der Waals surface area contributed by atoms with E-state index in [9.17, 15) is 19.8 Å². The highest BCUT2D eigenvalue weighted by Crippen LogP contribution is 2.20. The Bertz CT molecular complexity index is 457. The summed E-state index contributed by atoms with van der Waals surface area (Å²) in [7, 11) is 0. The number of hydrogen-bond acceptors (Lipinski definition) is 6. The lowest BCUT2D eigenvalue weighted by atomic mass is 10.0. The van der Waals surface area contributed by atoms with Crippen LogP contribution >= 0.6 is 12.6 Å². The smallest absolute Gasteiger partial charge is 0.379 e. The zero-order valence-electron chi connectivity index (χ0n) is 11.2. The molecule has 0 saturated carbocycles. The van der Waals surface area contributed by atoms with E-state index in [1.54, 1.807) is 6.92 Å². The summed E-state index contributed by atoms with van der Waals surface area (Å²) in [6, 6.07) is 5.84. The number of ether oxygens (including phenoxy) is 1. The summed E-state index contributed by atoms with van der Waals surface area (Å²) in [6.45, 7) is 1.75. The van der Waals surface area contributed by atoms with E-state index >= 15 is 0 Å². The molecule has 1 aromatic rings. The molecule has 1 aromatic carbocycles. The number of Topliss-reactive ketones (excluding diaryl/α,β-unsaturated/α-hetero) is 1. The minimum Gasteiger partial charge on any atom is -0.460 e. The standard InChI is InChI=1S/C14H18O5S/c1-2-19-14(18)13(17)10-5-3-9(4-6-10)12(16)11(15)7-8-20/h3-6,11-12,15-16,20H,2,7-8H2,1H3. The average molecular weight is 298 g/mol. The molecule has 2 unspecified atom stereocenters. The van der Waals surface area contributed by atoms with E-state index in [1.165, 1.54) is 24.3 Å². The van der Waals surface area contributed by atoms with Gasteiger partial charge in [-0.15, -0.1) is 0 Å². The summed E-state index contributed by atoms with van der Waals surface area (Å²) in [5.41, 5.74) is 0.655. The molecule has 0 fully saturated rings. The van der Waals surface area contributed by atoms with Crippen LogP contribution in [0.5, 0.6) is 0 Å². The fourth-order valence-corrected chi connectivity index (χ4v) is 1.92. The van der Waals surface area contributed by atoms with Crippen molar-refractivity contribution >= 4 is 24.4 Å². The van der Waals surface area contributed by atoms with Crippen molar-refractivity contribution in [2.24, 2.45) is 0 Å². The zero-order chi connectivity index (χ0) is 15.1. The number of carbonyl (C=O) groups is 2. The summed E-state index contributed by atoms with van der Waals surface area (Å²) >= 11 is 3.99. The van der Waals surface area contributed by atoms with Gasteiger partial charge in [0.1, 0.15) is 6.10 Å². The summed E-state index contributed by atoms with van der Waals surface area (Å²) in [6.07, 6.45) is -1.61. The molecular formula is C14H18O5S. The van der Waals surface area contributed by atoms with Gasteiger partial charge in [-0.05, 0) is 24.7 Å². The minimum atomic E-state index is -1.05. The first-order valence-corrected chi connectivity index (χ1v) is 6.92. The second kappa shape index (κ2) is 8.04. The van der Waals surface area contributed by atoms with Gasteiger partial charge in [0.2, 0.25) is 0 Å². The molecular weight excluding hydrogens is 280 g/mol. The molecule has 0 aliphatic carbocycles. The zero-order valence-corrected chi connectivity index (χ0v) is 12.0. The van der Waals surface area contributed by atoms with Crippen LogP contribution in [0.1, 0.15) is 35.4 Å². The van der Waals surface area contributed by atoms with Crippen LogP contribution in [0.15, 0.2) is 24.3 Å². The highest BCUT2D eigenvalue weighted by molar-refractivity contribution is 7.80. The van der Waals surface area contributed by atoms with Gasteiger partial charge in [-0.25, -0.2) is 4.79 Å². The van der Waals surface area contributed by atoms with Crippen LogP contribution in [0.25, 0.3) is 0 Å². The second-order valence-corrected chi connectivity index (χ2v) is 4.64. The normalized spacial score (nSPS) is 13.6. The number of aliphatic hydroxyl groups is 2. The van der Waals surface area contributed by atoms with Crippen molar-refractivity contribution in [1.82, 2.24) is 0 Å². The molecule has 1 rings (SSSR count).